The Hall–Kier alpha value is -2.61. The molecule has 21 heavy (non-hydrogen) atoms. The number of pyridine rings is 1. The molecule has 0 amide bonds. The van der Waals surface area contributed by atoms with Gasteiger partial charge in [0.15, 0.2) is 0 Å². The average molecular weight is 275 g/mol. The Balaban J connectivity index is 1.98. The van der Waals surface area contributed by atoms with Crippen LogP contribution in [0.2, 0.25) is 0 Å². The molecule has 2 nitrogen and oxygen atoms in total. The van der Waals surface area contributed by atoms with Gasteiger partial charge in [-0.1, -0.05) is 36.4 Å². The second-order valence-corrected chi connectivity index (χ2v) is 4.99. The molecule has 1 aromatic heterocycles. The highest BCUT2D eigenvalue weighted by Gasteiger charge is 2.00. The van der Waals surface area contributed by atoms with Crippen LogP contribution in [0.1, 0.15) is 18.2 Å². The Bertz CT molecular complexity index is 805. The molecule has 3 aromatic rings. The molecule has 2 heteroatoms. The monoisotopic (exact) mass is 275 g/mol. The van der Waals surface area contributed by atoms with Crippen molar-refractivity contribution in [3.8, 4) is 5.75 Å². The van der Waals surface area contributed by atoms with E-state index in [0.717, 1.165) is 33.5 Å². The molecule has 0 saturated carbocycles. The van der Waals surface area contributed by atoms with Crippen molar-refractivity contribution in [1.82, 2.24) is 4.98 Å². The standard InChI is InChI=1S/C19H17NO/c1-14(16-7-5-8-18(13-16)21-2)12-17-11-10-15-6-3-4-9-19(15)20-17/h3-13H,1-2H3/b14-12-. The Kier molecular flexibility index (Phi) is 3.69. The minimum atomic E-state index is 0.867. The molecule has 0 aliphatic carbocycles. The summed E-state index contributed by atoms with van der Waals surface area (Å²) in [5, 5.41) is 1.16. The van der Waals surface area contributed by atoms with Crippen molar-refractivity contribution in [3.63, 3.8) is 0 Å². The van der Waals surface area contributed by atoms with E-state index in [4.69, 9.17) is 4.74 Å². The fraction of sp³-hybridized carbons (Fsp3) is 0.105. The number of rotatable bonds is 3. The van der Waals surface area contributed by atoms with Crippen molar-refractivity contribution in [2.75, 3.05) is 7.11 Å². The summed E-state index contributed by atoms with van der Waals surface area (Å²) in [5.41, 5.74) is 4.29. The highest BCUT2D eigenvalue weighted by Crippen LogP contribution is 2.22. The van der Waals surface area contributed by atoms with Gasteiger partial charge in [-0.3, -0.25) is 0 Å². The van der Waals surface area contributed by atoms with Crippen molar-refractivity contribution < 1.29 is 4.74 Å². The topological polar surface area (TPSA) is 22.1 Å². The summed E-state index contributed by atoms with van der Waals surface area (Å²) in [6.07, 6.45) is 2.10. The minimum absolute atomic E-state index is 0.867. The smallest absolute Gasteiger partial charge is 0.119 e. The molecule has 0 spiro atoms. The molecule has 0 N–H and O–H groups in total. The number of allylic oxidation sites excluding steroid dienone is 1. The lowest BCUT2D eigenvalue weighted by atomic mass is 10.1. The number of nitrogens with zero attached hydrogens (tertiary/aromatic N) is 1. The Morgan fingerprint density at radius 1 is 1.00 bits per heavy atom. The lowest BCUT2D eigenvalue weighted by molar-refractivity contribution is 0.414. The summed E-state index contributed by atoms with van der Waals surface area (Å²) in [7, 11) is 1.68. The van der Waals surface area contributed by atoms with Crippen LogP contribution in [-0.4, -0.2) is 12.1 Å². The molecule has 0 radical (unpaired) electrons. The normalized spacial score (nSPS) is 11.6. The first-order valence-corrected chi connectivity index (χ1v) is 6.95. The van der Waals surface area contributed by atoms with E-state index in [2.05, 4.69) is 36.2 Å². The molecule has 1 heterocycles. The highest BCUT2D eigenvalue weighted by molar-refractivity contribution is 5.83. The molecule has 3 rings (SSSR count). The van der Waals surface area contributed by atoms with Crippen molar-refractivity contribution in [2.24, 2.45) is 0 Å². The number of hydrogen-bond donors (Lipinski definition) is 0. The fourth-order valence-corrected chi connectivity index (χ4v) is 2.34. The first-order valence-electron chi connectivity index (χ1n) is 6.95. The number of methoxy groups -OCH3 is 1. The summed E-state index contributed by atoms with van der Waals surface area (Å²) < 4.78 is 5.27. The van der Waals surface area contributed by atoms with Crippen LogP contribution >= 0.6 is 0 Å². The third-order valence-corrected chi connectivity index (χ3v) is 3.51. The van der Waals surface area contributed by atoms with Crippen LogP contribution in [0, 0.1) is 0 Å². The molecular formula is C19H17NO. The molecule has 0 aliphatic heterocycles. The van der Waals surface area contributed by atoms with E-state index in [1.54, 1.807) is 7.11 Å². The summed E-state index contributed by atoms with van der Waals surface area (Å²) in [5.74, 6) is 0.867. The summed E-state index contributed by atoms with van der Waals surface area (Å²) in [6.45, 7) is 2.09. The second kappa shape index (κ2) is 5.80. The van der Waals surface area contributed by atoms with Gasteiger partial charge in [-0.2, -0.15) is 0 Å². The number of fused-ring (bicyclic) bond motifs is 1. The van der Waals surface area contributed by atoms with Crippen LogP contribution in [0.25, 0.3) is 22.6 Å². The quantitative estimate of drug-likeness (QED) is 0.684. The van der Waals surface area contributed by atoms with Gasteiger partial charge in [0.1, 0.15) is 5.75 Å². The van der Waals surface area contributed by atoms with Gasteiger partial charge in [-0.05, 0) is 48.4 Å². The zero-order valence-electron chi connectivity index (χ0n) is 12.2. The Morgan fingerprint density at radius 3 is 2.71 bits per heavy atom. The minimum Gasteiger partial charge on any atom is -0.497 e. The van der Waals surface area contributed by atoms with Gasteiger partial charge >= 0.3 is 0 Å². The Labute approximate surface area is 124 Å². The van der Waals surface area contributed by atoms with E-state index in [0.29, 0.717) is 0 Å². The van der Waals surface area contributed by atoms with Crippen molar-refractivity contribution >= 4 is 22.6 Å². The number of benzene rings is 2. The van der Waals surface area contributed by atoms with Gasteiger partial charge in [0, 0.05) is 5.39 Å². The largest absolute Gasteiger partial charge is 0.497 e. The molecule has 0 unspecified atom stereocenters. The van der Waals surface area contributed by atoms with Gasteiger partial charge < -0.3 is 4.74 Å². The lowest BCUT2D eigenvalue weighted by Crippen LogP contribution is -1.87. The molecule has 0 fully saturated rings. The van der Waals surface area contributed by atoms with Crippen LogP contribution in [-0.2, 0) is 0 Å². The van der Waals surface area contributed by atoms with Crippen molar-refractivity contribution in [3.05, 3.63) is 71.9 Å². The first-order chi connectivity index (χ1) is 10.3. The zero-order chi connectivity index (χ0) is 14.7. The molecule has 0 aliphatic rings. The molecule has 2 aromatic carbocycles. The molecule has 0 saturated heterocycles. The van der Waals surface area contributed by atoms with Crippen molar-refractivity contribution in [1.29, 1.82) is 0 Å². The summed E-state index contributed by atoms with van der Waals surface area (Å²) in [6, 6.07) is 20.4. The first kappa shape index (κ1) is 13.4. The summed E-state index contributed by atoms with van der Waals surface area (Å²) >= 11 is 0. The average Bonchev–Trinajstić information content (AvgIpc) is 2.54. The van der Waals surface area contributed by atoms with Crippen LogP contribution in [0.4, 0.5) is 0 Å². The maximum atomic E-state index is 5.27. The SMILES string of the molecule is COc1cccc(/C(C)=C\c2ccc3ccccc3n2)c1. The highest BCUT2D eigenvalue weighted by atomic mass is 16.5. The van der Waals surface area contributed by atoms with Crippen molar-refractivity contribution in [2.45, 2.75) is 6.92 Å². The van der Waals surface area contributed by atoms with E-state index in [9.17, 15) is 0 Å². The number of para-hydroxylation sites is 1. The predicted octanol–water partition coefficient (Wildman–Crippen LogP) is 4.80. The third-order valence-electron chi connectivity index (χ3n) is 3.51. The molecule has 0 atom stereocenters. The van der Waals surface area contributed by atoms with Gasteiger partial charge in [-0.25, -0.2) is 4.98 Å². The van der Waals surface area contributed by atoms with Crippen LogP contribution < -0.4 is 4.74 Å². The van der Waals surface area contributed by atoms with Crippen LogP contribution in [0.15, 0.2) is 60.7 Å². The zero-order valence-corrected chi connectivity index (χ0v) is 12.2. The Morgan fingerprint density at radius 2 is 1.86 bits per heavy atom. The maximum Gasteiger partial charge on any atom is 0.119 e. The maximum absolute atomic E-state index is 5.27. The van der Waals surface area contributed by atoms with E-state index >= 15 is 0 Å². The van der Waals surface area contributed by atoms with E-state index in [1.165, 1.54) is 0 Å². The van der Waals surface area contributed by atoms with Gasteiger partial charge in [-0.15, -0.1) is 0 Å². The van der Waals surface area contributed by atoms with Gasteiger partial charge in [0.2, 0.25) is 0 Å². The predicted molar refractivity (Wildman–Crippen MR) is 88.3 cm³/mol. The van der Waals surface area contributed by atoms with Crippen LogP contribution in [0.3, 0.4) is 0 Å². The van der Waals surface area contributed by atoms with E-state index < -0.39 is 0 Å². The van der Waals surface area contributed by atoms with E-state index in [-0.39, 0.29) is 0 Å². The lowest BCUT2D eigenvalue weighted by Gasteiger charge is -2.05. The summed E-state index contributed by atoms with van der Waals surface area (Å²) in [4.78, 5) is 4.68. The van der Waals surface area contributed by atoms with Gasteiger partial charge in [0.05, 0.1) is 18.3 Å². The second-order valence-electron chi connectivity index (χ2n) is 4.99. The van der Waals surface area contributed by atoms with Gasteiger partial charge in [0.25, 0.3) is 0 Å². The number of aromatic nitrogens is 1. The number of hydrogen-bond acceptors (Lipinski definition) is 2. The third kappa shape index (κ3) is 2.95. The number of ether oxygens (including phenoxy) is 1. The molecular weight excluding hydrogens is 258 g/mol. The molecule has 0 bridgehead atoms. The van der Waals surface area contributed by atoms with E-state index in [1.807, 2.05) is 42.5 Å². The fourth-order valence-electron chi connectivity index (χ4n) is 2.34. The van der Waals surface area contributed by atoms with Crippen LogP contribution in [0.5, 0.6) is 5.75 Å². The molecule has 104 valence electrons.